The average molecular weight is 276 g/mol. The summed E-state index contributed by atoms with van der Waals surface area (Å²) in [5.74, 6) is 0.267. The second-order valence-electron chi connectivity index (χ2n) is 5.89. The van der Waals surface area contributed by atoms with Gasteiger partial charge in [0.2, 0.25) is 5.91 Å². The van der Waals surface area contributed by atoms with Gasteiger partial charge in [0.05, 0.1) is 6.61 Å². The first-order valence-electron chi connectivity index (χ1n) is 7.25. The number of primary amides is 1. The maximum atomic E-state index is 12.1. The van der Waals surface area contributed by atoms with Crippen molar-refractivity contribution in [3.63, 3.8) is 0 Å². The lowest BCUT2D eigenvalue weighted by molar-refractivity contribution is -0.128. The van der Waals surface area contributed by atoms with E-state index in [4.69, 9.17) is 10.5 Å². The van der Waals surface area contributed by atoms with E-state index in [0.717, 1.165) is 5.56 Å². The molecule has 1 saturated carbocycles. The van der Waals surface area contributed by atoms with E-state index < -0.39 is 11.4 Å². The Morgan fingerprint density at radius 3 is 2.55 bits per heavy atom. The van der Waals surface area contributed by atoms with E-state index in [1.165, 1.54) is 12.8 Å². The lowest BCUT2D eigenvalue weighted by atomic mass is 9.89. The number of amides is 1. The second-order valence-corrected chi connectivity index (χ2v) is 5.89. The summed E-state index contributed by atoms with van der Waals surface area (Å²) < 4.78 is 5.78. The van der Waals surface area contributed by atoms with Crippen LogP contribution < -0.4 is 11.1 Å². The molecule has 1 unspecified atom stereocenters. The van der Waals surface area contributed by atoms with Crippen LogP contribution in [0.3, 0.4) is 0 Å². The normalized spacial score (nSPS) is 17.9. The van der Waals surface area contributed by atoms with Crippen molar-refractivity contribution >= 4 is 5.91 Å². The molecule has 4 nitrogen and oxygen atoms in total. The van der Waals surface area contributed by atoms with E-state index >= 15 is 0 Å². The van der Waals surface area contributed by atoms with Crippen LogP contribution in [-0.4, -0.2) is 25.2 Å². The fourth-order valence-corrected chi connectivity index (χ4v) is 2.37. The highest BCUT2D eigenvalue weighted by molar-refractivity contribution is 5.86. The first-order chi connectivity index (χ1) is 9.54. The van der Waals surface area contributed by atoms with Gasteiger partial charge in [-0.15, -0.1) is 0 Å². The number of nitrogens with two attached hydrogens (primary N) is 1. The minimum absolute atomic E-state index is 0.132. The number of rotatable bonds is 8. The van der Waals surface area contributed by atoms with Crippen LogP contribution in [0.5, 0.6) is 0 Å². The van der Waals surface area contributed by atoms with Crippen LogP contribution in [0.25, 0.3) is 0 Å². The Bertz CT molecular complexity index is 443. The molecule has 0 spiro atoms. The average Bonchev–Trinajstić information content (AvgIpc) is 3.22. The Balaban J connectivity index is 2.20. The topological polar surface area (TPSA) is 64.3 Å². The van der Waals surface area contributed by atoms with Crippen molar-refractivity contribution in [2.24, 2.45) is 11.7 Å². The van der Waals surface area contributed by atoms with Crippen LogP contribution >= 0.6 is 0 Å². The molecule has 0 heterocycles. The van der Waals surface area contributed by atoms with Gasteiger partial charge in [0, 0.05) is 12.6 Å². The van der Waals surface area contributed by atoms with E-state index in [1.54, 1.807) is 0 Å². The highest BCUT2D eigenvalue weighted by Crippen LogP contribution is 2.30. The molecule has 1 atom stereocenters. The smallest absolute Gasteiger partial charge is 0.244 e. The number of hydrogen-bond donors (Lipinski definition) is 2. The van der Waals surface area contributed by atoms with Crippen LogP contribution in [-0.2, 0) is 15.1 Å². The SMILES string of the molecule is CC(C)NC(COCC1CC1)(C(N)=O)c1ccccc1. The molecule has 0 radical (unpaired) electrons. The Labute approximate surface area is 120 Å². The van der Waals surface area contributed by atoms with Crippen molar-refractivity contribution < 1.29 is 9.53 Å². The maximum Gasteiger partial charge on any atom is 0.244 e. The molecule has 0 aliphatic heterocycles. The summed E-state index contributed by atoms with van der Waals surface area (Å²) in [6.07, 6.45) is 2.46. The lowest BCUT2D eigenvalue weighted by Crippen LogP contribution is -2.58. The van der Waals surface area contributed by atoms with Crippen molar-refractivity contribution in [3.05, 3.63) is 35.9 Å². The molecule has 4 heteroatoms. The molecule has 1 aliphatic rings. The molecular formula is C16H24N2O2. The third-order valence-corrected chi connectivity index (χ3v) is 3.59. The van der Waals surface area contributed by atoms with Gasteiger partial charge in [0.1, 0.15) is 5.54 Å². The monoisotopic (exact) mass is 276 g/mol. The zero-order chi connectivity index (χ0) is 14.6. The molecule has 110 valence electrons. The Morgan fingerprint density at radius 1 is 1.40 bits per heavy atom. The largest absolute Gasteiger partial charge is 0.378 e. The first-order valence-corrected chi connectivity index (χ1v) is 7.25. The van der Waals surface area contributed by atoms with E-state index in [2.05, 4.69) is 5.32 Å². The molecule has 0 aromatic heterocycles. The molecular weight excluding hydrogens is 252 g/mol. The van der Waals surface area contributed by atoms with E-state index in [9.17, 15) is 4.79 Å². The molecule has 3 N–H and O–H groups in total. The summed E-state index contributed by atoms with van der Waals surface area (Å²) in [5, 5.41) is 3.30. The number of ether oxygens (including phenoxy) is 1. The fraction of sp³-hybridized carbons (Fsp3) is 0.562. The van der Waals surface area contributed by atoms with Crippen molar-refractivity contribution in [1.82, 2.24) is 5.32 Å². The number of carbonyl (C=O) groups excluding carboxylic acids is 1. The van der Waals surface area contributed by atoms with Gasteiger partial charge in [-0.25, -0.2) is 0 Å². The van der Waals surface area contributed by atoms with Crippen LogP contribution in [0.1, 0.15) is 32.3 Å². The first kappa shape index (κ1) is 15.0. The molecule has 20 heavy (non-hydrogen) atoms. The second kappa shape index (κ2) is 6.37. The zero-order valence-corrected chi connectivity index (χ0v) is 12.3. The summed E-state index contributed by atoms with van der Waals surface area (Å²) in [6, 6.07) is 9.72. The maximum absolute atomic E-state index is 12.1. The van der Waals surface area contributed by atoms with Crippen LogP contribution in [0.4, 0.5) is 0 Å². The van der Waals surface area contributed by atoms with Gasteiger partial charge < -0.3 is 10.5 Å². The van der Waals surface area contributed by atoms with Crippen LogP contribution in [0.2, 0.25) is 0 Å². The molecule has 2 rings (SSSR count). The van der Waals surface area contributed by atoms with Gasteiger partial charge in [-0.3, -0.25) is 10.1 Å². The number of nitrogens with one attached hydrogen (secondary N) is 1. The summed E-state index contributed by atoms with van der Waals surface area (Å²) in [7, 11) is 0. The quantitative estimate of drug-likeness (QED) is 0.761. The lowest BCUT2D eigenvalue weighted by Gasteiger charge is -2.34. The van der Waals surface area contributed by atoms with Gasteiger partial charge in [-0.2, -0.15) is 0 Å². The van der Waals surface area contributed by atoms with Gasteiger partial charge in [-0.1, -0.05) is 30.3 Å². The highest BCUT2D eigenvalue weighted by atomic mass is 16.5. The predicted octanol–water partition coefficient (Wildman–Crippen LogP) is 1.79. The van der Waals surface area contributed by atoms with Crippen molar-refractivity contribution in [2.45, 2.75) is 38.3 Å². The third-order valence-electron chi connectivity index (χ3n) is 3.59. The Hall–Kier alpha value is -1.39. The van der Waals surface area contributed by atoms with Crippen LogP contribution in [0.15, 0.2) is 30.3 Å². The van der Waals surface area contributed by atoms with Crippen molar-refractivity contribution in [3.8, 4) is 0 Å². The van der Waals surface area contributed by atoms with Crippen molar-refractivity contribution in [2.75, 3.05) is 13.2 Å². The molecule has 0 saturated heterocycles. The van der Waals surface area contributed by atoms with Gasteiger partial charge in [0.15, 0.2) is 0 Å². The molecule has 1 aliphatic carbocycles. The minimum atomic E-state index is -0.954. The van der Waals surface area contributed by atoms with E-state index in [0.29, 0.717) is 12.5 Å². The Kier molecular flexibility index (Phi) is 4.78. The summed E-state index contributed by atoms with van der Waals surface area (Å²) >= 11 is 0. The summed E-state index contributed by atoms with van der Waals surface area (Å²) in [4.78, 5) is 12.1. The molecule has 1 fully saturated rings. The standard InChI is InChI=1S/C16H24N2O2/c1-12(2)18-16(15(17)19,11-20-10-13-8-9-13)14-6-4-3-5-7-14/h3-7,12-13,18H,8-11H2,1-2H3,(H2,17,19). The summed E-state index contributed by atoms with van der Waals surface area (Å²) in [5.41, 5.74) is 5.61. The molecule has 1 aromatic rings. The number of benzene rings is 1. The zero-order valence-electron chi connectivity index (χ0n) is 12.3. The molecule has 0 bridgehead atoms. The predicted molar refractivity (Wildman–Crippen MR) is 79.1 cm³/mol. The Morgan fingerprint density at radius 2 is 2.05 bits per heavy atom. The van der Waals surface area contributed by atoms with E-state index in [1.807, 2.05) is 44.2 Å². The molecule has 1 aromatic carbocycles. The fourth-order valence-electron chi connectivity index (χ4n) is 2.37. The van der Waals surface area contributed by atoms with Crippen molar-refractivity contribution in [1.29, 1.82) is 0 Å². The summed E-state index contributed by atoms with van der Waals surface area (Å²) in [6.45, 7) is 4.99. The number of hydrogen-bond acceptors (Lipinski definition) is 3. The van der Waals surface area contributed by atoms with Gasteiger partial charge >= 0.3 is 0 Å². The number of carbonyl (C=O) groups is 1. The van der Waals surface area contributed by atoms with Gasteiger partial charge in [0.25, 0.3) is 0 Å². The minimum Gasteiger partial charge on any atom is -0.378 e. The third kappa shape index (κ3) is 3.58. The van der Waals surface area contributed by atoms with Crippen LogP contribution in [0, 0.1) is 5.92 Å². The van der Waals surface area contributed by atoms with E-state index in [-0.39, 0.29) is 12.6 Å². The molecule has 1 amide bonds. The highest BCUT2D eigenvalue weighted by Gasteiger charge is 2.39. The van der Waals surface area contributed by atoms with Gasteiger partial charge in [-0.05, 0) is 38.2 Å².